The Balaban J connectivity index is 1.37. The van der Waals surface area contributed by atoms with Crippen molar-refractivity contribution in [2.75, 3.05) is 13.2 Å². The molecule has 1 aliphatic rings. The number of nitrogens with one attached hydrogen (secondary N) is 1. The van der Waals surface area contributed by atoms with Gasteiger partial charge in [0.2, 0.25) is 5.82 Å². The van der Waals surface area contributed by atoms with E-state index in [2.05, 4.69) is 30.9 Å². The number of hydrogen-bond donors (Lipinski definition) is 1. The lowest BCUT2D eigenvalue weighted by Crippen LogP contribution is -2.14. The molecule has 1 aliphatic carbocycles. The smallest absolute Gasteiger partial charge is 0.204 e. The van der Waals surface area contributed by atoms with E-state index in [0.29, 0.717) is 52.2 Å². The fourth-order valence-corrected chi connectivity index (χ4v) is 4.01. The molecule has 10 nitrogen and oxygen atoms in total. The van der Waals surface area contributed by atoms with E-state index in [1.54, 1.807) is 24.3 Å². The van der Waals surface area contributed by atoms with E-state index in [-0.39, 0.29) is 18.5 Å². The molecule has 1 saturated carbocycles. The maximum atomic E-state index is 13.3. The maximum absolute atomic E-state index is 13.3. The van der Waals surface area contributed by atoms with Crippen molar-refractivity contribution in [3.63, 3.8) is 0 Å². The maximum Gasteiger partial charge on any atom is 0.204 e. The molecule has 0 atom stereocenters. The molecular formula is C26H27FN6O4. The van der Waals surface area contributed by atoms with Gasteiger partial charge in [0.05, 0.1) is 6.10 Å². The Hall–Kier alpha value is -4.28. The Morgan fingerprint density at radius 1 is 1.08 bits per heavy atom. The van der Waals surface area contributed by atoms with Crippen LogP contribution in [0.15, 0.2) is 58.2 Å². The van der Waals surface area contributed by atoms with Gasteiger partial charge in [-0.05, 0) is 73.7 Å². The van der Waals surface area contributed by atoms with Crippen LogP contribution < -0.4 is 9.47 Å². The van der Waals surface area contributed by atoms with Crippen molar-refractivity contribution in [3.8, 4) is 34.1 Å². The molecule has 0 amide bonds. The van der Waals surface area contributed by atoms with Crippen LogP contribution in [-0.4, -0.2) is 50.8 Å². The van der Waals surface area contributed by atoms with Gasteiger partial charge in [-0.2, -0.15) is 5.21 Å². The monoisotopic (exact) mass is 506 g/mol. The van der Waals surface area contributed by atoms with Crippen molar-refractivity contribution in [1.82, 2.24) is 25.8 Å². The molecular weight excluding hydrogens is 479 g/mol. The summed E-state index contributed by atoms with van der Waals surface area (Å²) in [5, 5.41) is 22.6. The molecule has 0 aliphatic heterocycles. The first-order valence-electron chi connectivity index (χ1n) is 12.3. The summed E-state index contributed by atoms with van der Waals surface area (Å²) >= 11 is 0. The number of H-pyrrole nitrogens is 1. The third-order valence-corrected chi connectivity index (χ3v) is 5.87. The van der Waals surface area contributed by atoms with Gasteiger partial charge in [-0.3, -0.25) is 0 Å². The summed E-state index contributed by atoms with van der Waals surface area (Å²) in [6.45, 7) is 2.47. The first kappa shape index (κ1) is 24.4. The fourth-order valence-electron chi connectivity index (χ4n) is 4.01. The van der Waals surface area contributed by atoms with E-state index in [4.69, 9.17) is 18.8 Å². The van der Waals surface area contributed by atoms with Gasteiger partial charge in [0.15, 0.2) is 11.5 Å². The molecule has 4 aromatic rings. The quantitative estimate of drug-likeness (QED) is 0.168. The van der Waals surface area contributed by atoms with Crippen molar-refractivity contribution in [1.29, 1.82) is 0 Å². The van der Waals surface area contributed by atoms with Crippen molar-refractivity contribution in [3.05, 3.63) is 60.1 Å². The second-order valence-electron chi connectivity index (χ2n) is 8.70. The predicted octanol–water partition coefficient (Wildman–Crippen LogP) is 5.19. The van der Waals surface area contributed by atoms with Crippen LogP contribution in [0.3, 0.4) is 0 Å². The molecule has 0 unspecified atom stereocenters. The molecule has 1 N–H and O–H groups in total. The number of halogens is 1. The van der Waals surface area contributed by atoms with E-state index >= 15 is 0 Å². The van der Waals surface area contributed by atoms with E-state index in [9.17, 15) is 4.39 Å². The normalized spacial score (nSPS) is 14.2. The molecule has 11 heteroatoms. The van der Waals surface area contributed by atoms with E-state index in [1.165, 1.54) is 12.1 Å². The molecule has 37 heavy (non-hydrogen) atoms. The van der Waals surface area contributed by atoms with Crippen LogP contribution in [0.2, 0.25) is 0 Å². The molecule has 0 radical (unpaired) electrons. The third kappa shape index (κ3) is 6.29. The topological polar surface area (TPSA) is 121 Å². The molecule has 0 saturated heterocycles. The second-order valence-corrected chi connectivity index (χ2v) is 8.70. The van der Waals surface area contributed by atoms with Gasteiger partial charge in [-0.25, -0.2) is 4.39 Å². The largest absolute Gasteiger partial charge is 0.490 e. The molecule has 0 spiro atoms. The van der Waals surface area contributed by atoms with Gasteiger partial charge >= 0.3 is 0 Å². The zero-order valence-corrected chi connectivity index (χ0v) is 20.4. The van der Waals surface area contributed by atoms with Gasteiger partial charge in [-0.15, -0.1) is 10.2 Å². The lowest BCUT2D eigenvalue weighted by molar-refractivity contribution is 0.142. The van der Waals surface area contributed by atoms with Crippen LogP contribution in [0.25, 0.3) is 22.6 Å². The number of ether oxygens (including phenoxy) is 2. The van der Waals surface area contributed by atoms with Crippen molar-refractivity contribution < 1.29 is 23.2 Å². The zero-order chi connectivity index (χ0) is 25.5. The van der Waals surface area contributed by atoms with Crippen molar-refractivity contribution in [2.24, 2.45) is 5.16 Å². The van der Waals surface area contributed by atoms with Crippen LogP contribution in [0.1, 0.15) is 44.8 Å². The van der Waals surface area contributed by atoms with Gasteiger partial charge in [0, 0.05) is 23.3 Å². The first-order chi connectivity index (χ1) is 18.2. The fraction of sp³-hybridized carbons (Fsp3) is 0.346. The number of rotatable bonds is 11. The summed E-state index contributed by atoms with van der Waals surface area (Å²) in [4.78, 5) is 5.43. The molecule has 192 valence electrons. The highest BCUT2D eigenvalue weighted by Crippen LogP contribution is 2.31. The van der Waals surface area contributed by atoms with Crippen molar-refractivity contribution >= 4 is 5.71 Å². The second kappa shape index (κ2) is 11.6. The Morgan fingerprint density at radius 2 is 1.89 bits per heavy atom. The summed E-state index contributed by atoms with van der Waals surface area (Å²) in [6, 6.07) is 13.2. The van der Waals surface area contributed by atoms with Crippen LogP contribution in [0.5, 0.6) is 11.5 Å². The zero-order valence-electron chi connectivity index (χ0n) is 20.4. The summed E-state index contributed by atoms with van der Waals surface area (Å²) < 4.78 is 31.2. The van der Waals surface area contributed by atoms with Gasteiger partial charge in [0.1, 0.15) is 36.2 Å². The summed E-state index contributed by atoms with van der Waals surface area (Å²) in [7, 11) is 0. The van der Waals surface area contributed by atoms with E-state index in [1.807, 2.05) is 19.1 Å². The SMILES string of the molecule is CCCO/N=C(\COc1cc(OC2CCCC2)cc(-c2nn[nH]n2)c1)c1cc(-c2ccc(F)cc2)no1. The number of oxime groups is 1. The number of tetrazole rings is 1. The lowest BCUT2D eigenvalue weighted by atomic mass is 10.1. The minimum absolute atomic E-state index is 0.0420. The molecule has 2 aromatic heterocycles. The summed E-state index contributed by atoms with van der Waals surface area (Å²) in [5.74, 6) is 1.70. The third-order valence-electron chi connectivity index (χ3n) is 5.87. The van der Waals surface area contributed by atoms with Crippen LogP contribution in [-0.2, 0) is 4.84 Å². The number of benzene rings is 2. The van der Waals surface area contributed by atoms with Crippen molar-refractivity contribution in [2.45, 2.75) is 45.1 Å². The van der Waals surface area contributed by atoms with Crippen LogP contribution in [0.4, 0.5) is 4.39 Å². The highest BCUT2D eigenvalue weighted by Gasteiger charge is 2.19. The average molecular weight is 507 g/mol. The Bertz CT molecular complexity index is 1320. The number of hydrogen-bond acceptors (Lipinski definition) is 9. The van der Waals surface area contributed by atoms with Crippen LogP contribution in [0, 0.1) is 5.82 Å². The Kier molecular flexibility index (Phi) is 7.68. The van der Waals surface area contributed by atoms with Gasteiger partial charge in [-0.1, -0.05) is 17.2 Å². The molecule has 0 bridgehead atoms. The minimum atomic E-state index is -0.324. The average Bonchev–Trinajstić information content (AvgIpc) is 3.70. The summed E-state index contributed by atoms with van der Waals surface area (Å²) in [5.41, 5.74) is 2.38. The highest BCUT2D eigenvalue weighted by molar-refractivity contribution is 5.99. The highest BCUT2D eigenvalue weighted by atomic mass is 19.1. The van der Waals surface area contributed by atoms with Crippen LogP contribution >= 0.6 is 0 Å². The lowest BCUT2D eigenvalue weighted by Gasteiger charge is -2.15. The first-order valence-corrected chi connectivity index (χ1v) is 12.3. The number of aromatic amines is 1. The Labute approximate surface area is 212 Å². The molecule has 5 rings (SSSR count). The van der Waals surface area contributed by atoms with Gasteiger partial charge in [0.25, 0.3) is 0 Å². The number of nitrogens with zero attached hydrogens (tertiary/aromatic N) is 5. The molecule has 2 aromatic carbocycles. The van der Waals surface area contributed by atoms with E-state index in [0.717, 1.165) is 32.1 Å². The standard InChI is InChI=1S/C26H27FN6O4/c1-2-11-35-30-24(25-15-23(31-37-25)17-7-9-19(27)10-8-17)16-34-21-12-18(26-28-32-33-29-26)13-22(14-21)36-20-5-3-4-6-20/h7-10,12-15,20H,2-6,11,16H2,1H3,(H,28,29,32,33)/b30-24+. The predicted molar refractivity (Wildman–Crippen MR) is 133 cm³/mol. The molecule has 1 fully saturated rings. The molecule has 2 heterocycles. The number of aromatic nitrogens is 5. The van der Waals surface area contributed by atoms with E-state index < -0.39 is 0 Å². The summed E-state index contributed by atoms with van der Waals surface area (Å²) in [6.07, 6.45) is 5.34. The minimum Gasteiger partial charge on any atom is -0.490 e. The van der Waals surface area contributed by atoms with Gasteiger partial charge < -0.3 is 18.8 Å². The Morgan fingerprint density at radius 3 is 2.65 bits per heavy atom.